The number of nitrogen functional groups attached to an aromatic ring is 1. The number of phenols is 3. The van der Waals surface area contributed by atoms with Crippen molar-refractivity contribution in [2.24, 2.45) is 40.9 Å². The van der Waals surface area contributed by atoms with Crippen LogP contribution in [0, 0.1) is 20.2 Å². The van der Waals surface area contributed by atoms with Crippen LogP contribution in [0.4, 0.5) is 62.6 Å². The third kappa shape index (κ3) is 13.6. The maximum Gasteiger partial charge on any atom is 0.297 e. The highest BCUT2D eigenvalue weighted by Crippen LogP contribution is 2.51. The number of non-ortho nitro benzene ring substituents is 2. The van der Waals surface area contributed by atoms with E-state index in [1.54, 1.807) is 0 Å². The molecule has 50 heteroatoms. The molecule has 0 atom stereocenters. The van der Waals surface area contributed by atoms with Gasteiger partial charge in [0.05, 0.1) is 20.9 Å². The molecule has 0 unspecified atom stereocenters. The van der Waals surface area contributed by atoms with Crippen molar-refractivity contribution in [3.8, 4) is 17.2 Å². The van der Waals surface area contributed by atoms with Gasteiger partial charge < -0.3 is 21.1 Å². The van der Waals surface area contributed by atoms with Gasteiger partial charge >= 0.3 is 0 Å². The number of nitro benzene ring substituents is 2. The van der Waals surface area contributed by atoms with E-state index in [1.165, 1.54) is 0 Å². The summed E-state index contributed by atoms with van der Waals surface area (Å²) in [7, 11) is -45.2. The molecule has 0 aliphatic heterocycles. The minimum Gasteiger partial charge on any atom is -0.505 e. The van der Waals surface area contributed by atoms with Crippen LogP contribution in [0.15, 0.2) is 165 Å². The smallest absolute Gasteiger partial charge is 0.297 e. The number of nitrogens with zero attached hydrogens (tertiary/aromatic N) is 10. The normalized spacial score (nSPS) is 13.4. The maximum absolute atomic E-state index is 13.0. The number of nitro groups is 2. The first-order valence-corrected chi connectivity index (χ1v) is 34.4. The molecule has 0 fully saturated rings. The lowest BCUT2D eigenvalue weighted by molar-refractivity contribution is -0.385. The third-order valence-corrected chi connectivity index (χ3v) is 19.2. The summed E-state index contributed by atoms with van der Waals surface area (Å²) in [6.07, 6.45) is 0. The SMILES string of the molecule is Nc1c(N=Nc2cc3c(O)c(N=Nc4ccc([N+](=O)[O-])cc4S(=O)(=O)O)c(S(=O)(=O)O)cc3cc2S(=O)(=O)O)cc(S(=O)(=O)O)c2cc(S(=O)(=O)O)c(N=Nc3cc4c(O)c(N=Nc5ccc([N+](=O)[O-])cc5S(=O)(=O)O)c(S(=O)(=O)O)cc4cc3S(=O)(=O)O)c(O)c12. The average Bonchev–Trinajstić information content (AvgIpc) is 0.751. The van der Waals surface area contributed by atoms with Crippen LogP contribution < -0.4 is 5.73 Å². The standard InChI is InChI=1S/C42H27N11O31S8/c43-36-26(48-46-24-11-19-15(5-28(24)86(64,65)66)7-32(90(76,77)78)37(40(19)54)49-44-22-3-1-17(52(57)58)9-30(22)88(70,71)72)14-27(85(61,62)63)21-13-34(92(82,83)84)39(42(56)35(21)36)51-47-25-12-20-16(6-29(25)87(67,68)69)8-33(91(79,80)81)38(41(20)55)50-45-23-4-2-18(53(59)60)10-31(23)89(73,74)75/h1-14,54-56H,43H2,(H,61,62,63)(H,64,65,66)(H,67,68,69)(H,70,71,72)(H,73,74,75)(H,76,77,78)(H,79,80,81)(H,82,83,84). The van der Waals surface area contributed by atoms with E-state index in [0.717, 1.165) is 0 Å². The fourth-order valence-electron chi connectivity index (χ4n) is 8.21. The molecular formula is C42H27N11O31S8. The number of benzene rings is 8. The average molecular weight is 1440 g/mol. The zero-order valence-corrected chi connectivity index (χ0v) is 50.0. The Morgan fingerprint density at radius 1 is 0.315 bits per heavy atom. The van der Waals surface area contributed by atoms with Crippen molar-refractivity contribution < 1.29 is 129 Å². The zero-order valence-electron chi connectivity index (χ0n) is 43.5. The molecule has 92 heavy (non-hydrogen) atoms. The molecule has 0 heterocycles. The summed E-state index contributed by atoms with van der Waals surface area (Å²) in [6, 6.07) is 5.56. The summed E-state index contributed by atoms with van der Waals surface area (Å²) in [5.41, 5.74) is -6.57. The van der Waals surface area contributed by atoms with Gasteiger partial charge in [-0.05, 0) is 71.4 Å². The topological polar surface area (TPSA) is 707 Å². The summed E-state index contributed by atoms with van der Waals surface area (Å²) >= 11 is 0. The number of aromatic hydroxyl groups is 3. The highest BCUT2D eigenvalue weighted by molar-refractivity contribution is 7.88. The number of fused-ring (bicyclic) bond motifs is 3. The summed E-state index contributed by atoms with van der Waals surface area (Å²) in [5.74, 6) is -4.65. The molecule has 0 bridgehead atoms. The minimum atomic E-state index is -5.91. The Hall–Kier alpha value is -9.78. The number of hydrogen-bond acceptors (Lipinski definition) is 32. The van der Waals surface area contributed by atoms with E-state index in [-0.39, 0.29) is 24.3 Å². The van der Waals surface area contributed by atoms with Gasteiger partial charge in [0.15, 0.2) is 17.2 Å². The van der Waals surface area contributed by atoms with Crippen molar-refractivity contribution in [1.82, 2.24) is 0 Å². The molecule has 0 aliphatic carbocycles. The quantitative estimate of drug-likeness (QED) is 0.0132. The molecule has 8 aromatic carbocycles. The van der Waals surface area contributed by atoms with Gasteiger partial charge in [-0.2, -0.15) is 67.3 Å². The van der Waals surface area contributed by atoms with Gasteiger partial charge in [-0.25, -0.2) is 0 Å². The largest absolute Gasteiger partial charge is 0.505 e. The van der Waals surface area contributed by atoms with Gasteiger partial charge in [0.25, 0.3) is 92.3 Å². The van der Waals surface area contributed by atoms with E-state index < -0.39 is 242 Å². The number of rotatable bonds is 18. The lowest BCUT2D eigenvalue weighted by Crippen LogP contribution is -2.04. The van der Waals surface area contributed by atoms with E-state index in [9.17, 15) is 139 Å². The van der Waals surface area contributed by atoms with Crippen LogP contribution in [0.1, 0.15) is 0 Å². The second-order valence-electron chi connectivity index (χ2n) is 17.9. The van der Waals surface area contributed by atoms with E-state index >= 15 is 0 Å². The molecule has 484 valence electrons. The number of nitrogens with two attached hydrogens (primary N) is 1. The number of phenolic OH excluding ortho intramolecular Hbond substituents is 3. The molecule has 0 saturated heterocycles. The van der Waals surface area contributed by atoms with E-state index in [4.69, 9.17) is 5.73 Å². The molecular weight excluding hydrogens is 1410 g/mol. The Kier molecular flexibility index (Phi) is 17.2. The fourth-order valence-corrected chi connectivity index (χ4v) is 13.4. The molecule has 42 nitrogen and oxygen atoms in total. The van der Waals surface area contributed by atoms with Crippen molar-refractivity contribution >= 4 is 176 Å². The second-order valence-corrected chi connectivity index (χ2v) is 29.1. The predicted octanol–water partition coefficient (Wildman–Crippen LogP) is 7.30. The van der Waals surface area contributed by atoms with Crippen LogP contribution in [0.25, 0.3) is 32.3 Å². The highest BCUT2D eigenvalue weighted by Gasteiger charge is 2.32. The number of anilines is 1. The highest BCUT2D eigenvalue weighted by atomic mass is 32.2. The minimum absolute atomic E-state index is 0.130. The van der Waals surface area contributed by atoms with Crippen LogP contribution in [0.2, 0.25) is 0 Å². The molecule has 8 rings (SSSR count). The van der Waals surface area contributed by atoms with E-state index in [0.29, 0.717) is 60.7 Å². The number of azo groups is 4. The molecule has 0 aromatic heterocycles. The summed E-state index contributed by atoms with van der Waals surface area (Å²) in [6.45, 7) is 0. The van der Waals surface area contributed by atoms with Gasteiger partial charge in [0.2, 0.25) is 0 Å². The predicted molar refractivity (Wildman–Crippen MR) is 303 cm³/mol. The summed E-state index contributed by atoms with van der Waals surface area (Å²) in [5, 5.41) is 79.3. The molecule has 0 radical (unpaired) electrons. The van der Waals surface area contributed by atoms with E-state index in [2.05, 4.69) is 40.9 Å². The molecule has 0 spiro atoms. The Balaban J connectivity index is 1.34. The molecule has 0 amide bonds. The van der Waals surface area contributed by atoms with Crippen LogP contribution in [-0.2, 0) is 80.9 Å². The Morgan fingerprint density at radius 2 is 0.598 bits per heavy atom. The molecule has 13 N–H and O–H groups in total. The fraction of sp³-hybridized carbons (Fsp3) is 0. The lowest BCUT2D eigenvalue weighted by Gasteiger charge is -2.15. The Labute approximate surface area is 510 Å². The van der Waals surface area contributed by atoms with Gasteiger partial charge in [0.1, 0.15) is 84.7 Å². The van der Waals surface area contributed by atoms with Gasteiger partial charge in [-0.1, -0.05) is 0 Å². The summed E-state index contributed by atoms with van der Waals surface area (Å²) in [4.78, 5) is 8.74. The Bertz CT molecular complexity index is 5810. The number of hydrogen-bond donors (Lipinski definition) is 12. The van der Waals surface area contributed by atoms with Crippen molar-refractivity contribution in [2.75, 3.05) is 5.73 Å². The Morgan fingerprint density at radius 3 is 0.935 bits per heavy atom. The second kappa shape index (κ2) is 23.2. The first kappa shape index (κ1) is 68.1. The molecule has 0 saturated carbocycles. The van der Waals surface area contributed by atoms with Crippen molar-refractivity contribution in [3.05, 3.63) is 105 Å². The van der Waals surface area contributed by atoms with Gasteiger partial charge in [-0.15, -0.1) is 40.9 Å². The van der Waals surface area contributed by atoms with Gasteiger partial charge in [0, 0.05) is 40.4 Å². The maximum atomic E-state index is 13.0. The zero-order chi connectivity index (χ0) is 68.9. The first-order valence-electron chi connectivity index (χ1n) is 22.8. The van der Waals surface area contributed by atoms with Crippen molar-refractivity contribution in [1.29, 1.82) is 0 Å². The summed E-state index contributed by atoms with van der Waals surface area (Å²) < 4.78 is 283. The molecule has 8 aromatic rings. The lowest BCUT2D eigenvalue weighted by atomic mass is 10.0. The monoisotopic (exact) mass is 1440 g/mol. The van der Waals surface area contributed by atoms with Crippen molar-refractivity contribution in [3.63, 3.8) is 0 Å². The first-order chi connectivity index (χ1) is 42.0. The van der Waals surface area contributed by atoms with Crippen molar-refractivity contribution in [2.45, 2.75) is 39.2 Å². The van der Waals surface area contributed by atoms with E-state index in [1.807, 2.05) is 0 Å². The van der Waals surface area contributed by atoms with Crippen LogP contribution in [-0.4, -0.2) is 129 Å². The molecule has 0 aliphatic rings. The van der Waals surface area contributed by atoms with Gasteiger partial charge in [-0.3, -0.25) is 56.7 Å². The van der Waals surface area contributed by atoms with Crippen LogP contribution in [0.3, 0.4) is 0 Å². The van der Waals surface area contributed by atoms with Crippen LogP contribution in [0.5, 0.6) is 17.2 Å². The third-order valence-electron chi connectivity index (χ3n) is 12.1. The van der Waals surface area contributed by atoms with Crippen LogP contribution >= 0.6 is 0 Å².